The third-order valence-corrected chi connectivity index (χ3v) is 3.26. The van der Waals surface area contributed by atoms with Gasteiger partial charge >= 0.3 is 0 Å². The standard InChI is InChI=1S/C15H12ClF2NO/c16-13-7-3-11(4-8-13)10-1-5-12(6-2-10)15(17,18)14(19)9-20/h1-9,14H,19H2. The van der Waals surface area contributed by atoms with Gasteiger partial charge in [-0.05, 0) is 23.3 Å². The third-order valence-electron chi connectivity index (χ3n) is 3.01. The van der Waals surface area contributed by atoms with Crippen LogP contribution in [0.15, 0.2) is 48.5 Å². The minimum absolute atomic E-state index is 0.0487. The van der Waals surface area contributed by atoms with Crippen LogP contribution in [0, 0.1) is 0 Å². The summed E-state index contributed by atoms with van der Waals surface area (Å²) < 4.78 is 27.5. The first-order valence-corrected chi connectivity index (χ1v) is 6.28. The second-order valence-electron chi connectivity index (χ2n) is 4.37. The number of hydrogen-bond donors (Lipinski definition) is 1. The molecule has 0 radical (unpaired) electrons. The summed E-state index contributed by atoms with van der Waals surface area (Å²) in [5.74, 6) is -3.37. The summed E-state index contributed by atoms with van der Waals surface area (Å²) in [6.45, 7) is 0. The summed E-state index contributed by atoms with van der Waals surface area (Å²) >= 11 is 5.79. The van der Waals surface area contributed by atoms with E-state index < -0.39 is 12.0 Å². The van der Waals surface area contributed by atoms with Crippen molar-refractivity contribution < 1.29 is 13.6 Å². The maximum atomic E-state index is 13.8. The molecular weight excluding hydrogens is 284 g/mol. The Morgan fingerprint density at radius 1 is 1.00 bits per heavy atom. The van der Waals surface area contributed by atoms with Gasteiger partial charge in [0.05, 0.1) is 0 Å². The highest BCUT2D eigenvalue weighted by Crippen LogP contribution is 2.32. The second kappa shape index (κ2) is 5.69. The number of aldehydes is 1. The van der Waals surface area contributed by atoms with Crippen LogP contribution in [0.2, 0.25) is 5.02 Å². The Morgan fingerprint density at radius 3 is 1.90 bits per heavy atom. The van der Waals surface area contributed by atoms with Crippen LogP contribution < -0.4 is 5.73 Å². The van der Waals surface area contributed by atoms with Crippen molar-refractivity contribution >= 4 is 17.9 Å². The van der Waals surface area contributed by atoms with Crippen molar-refractivity contribution in [1.29, 1.82) is 0 Å². The van der Waals surface area contributed by atoms with Crippen LogP contribution >= 0.6 is 11.6 Å². The average Bonchev–Trinajstić information content (AvgIpc) is 2.47. The molecular formula is C15H12ClF2NO. The number of rotatable bonds is 4. The first kappa shape index (κ1) is 14.6. The Balaban J connectivity index is 2.30. The average molecular weight is 296 g/mol. The van der Waals surface area contributed by atoms with Crippen LogP contribution in [0.5, 0.6) is 0 Å². The van der Waals surface area contributed by atoms with E-state index in [1.165, 1.54) is 12.1 Å². The van der Waals surface area contributed by atoms with Gasteiger partial charge in [-0.3, -0.25) is 0 Å². The molecule has 0 aromatic heterocycles. The van der Waals surface area contributed by atoms with E-state index in [2.05, 4.69) is 0 Å². The van der Waals surface area contributed by atoms with Gasteiger partial charge in [0.15, 0.2) is 0 Å². The molecule has 104 valence electrons. The van der Waals surface area contributed by atoms with E-state index in [0.717, 1.165) is 11.1 Å². The van der Waals surface area contributed by atoms with Gasteiger partial charge in [0.2, 0.25) is 0 Å². The lowest BCUT2D eigenvalue weighted by Crippen LogP contribution is -2.39. The summed E-state index contributed by atoms with van der Waals surface area (Å²) in [5, 5.41) is 0.605. The van der Waals surface area contributed by atoms with Gasteiger partial charge in [-0.2, -0.15) is 8.78 Å². The van der Waals surface area contributed by atoms with E-state index in [-0.39, 0.29) is 11.8 Å². The molecule has 2 N–H and O–H groups in total. The van der Waals surface area contributed by atoms with Crippen LogP contribution in [-0.2, 0) is 10.7 Å². The largest absolute Gasteiger partial charge is 0.316 e. The Labute approximate surface area is 120 Å². The number of benzene rings is 2. The monoisotopic (exact) mass is 295 g/mol. The third kappa shape index (κ3) is 2.86. The van der Waals surface area contributed by atoms with Crippen LogP contribution in [-0.4, -0.2) is 12.3 Å². The van der Waals surface area contributed by atoms with Crippen LogP contribution in [0.25, 0.3) is 11.1 Å². The molecule has 2 nitrogen and oxygen atoms in total. The van der Waals surface area contributed by atoms with Crippen molar-refractivity contribution in [1.82, 2.24) is 0 Å². The normalized spacial score (nSPS) is 13.0. The molecule has 20 heavy (non-hydrogen) atoms. The van der Waals surface area contributed by atoms with Gasteiger partial charge in [-0.1, -0.05) is 48.0 Å². The molecule has 0 fully saturated rings. The summed E-state index contributed by atoms with van der Waals surface area (Å²) in [6, 6.07) is 10.9. The molecule has 2 aromatic rings. The molecule has 0 bridgehead atoms. The predicted octanol–water partition coefficient (Wildman–Crippen LogP) is 3.63. The molecule has 0 saturated carbocycles. The lowest BCUT2D eigenvalue weighted by molar-refractivity contribution is -0.118. The molecule has 0 aliphatic rings. The van der Waals surface area contributed by atoms with Crippen LogP contribution in [0.1, 0.15) is 5.56 Å². The number of carbonyl (C=O) groups excluding carboxylic acids is 1. The Bertz CT molecular complexity index is 596. The fourth-order valence-corrected chi connectivity index (χ4v) is 1.93. The second-order valence-corrected chi connectivity index (χ2v) is 4.81. The molecule has 0 spiro atoms. The summed E-state index contributed by atoms with van der Waals surface area (Å²) in [7, 11) is 0. The SMILES string of the molecule is NC(C=O)C(F)(F)c1ccc(-c2ccc(Cl)cc2)cc1. The van der Waals surface area contributed by atoms with Gasteiger partial charge in [-0.15, -0.1) is 0 Å². The van der Waals surface area contributed by atoms with Gasteiger partial charge in [-0.25, -0.2) is 0 Å². The molecule has 2 aromatic carbocycles. The van der Waals surface area contributed by atoms with Gasteiger partial charge in [0.25, 0.3) is 5.92 Å². The van der Waals surface area contributed by atoms with Crippen molar-refractivity contribution in [2.75, 3.05) is 0 Å². The van der Waals surface area contributed by atoms with E-state index in [9.17, 15) is 13.6 Å². The van der Waals surface area contributed by atoms with E-state index in [4.69, 9.17) is 17.3 Å². The Kier molecular flexibility index (Phi) is 4.16. The molecule has 1 unspecified atom stereocenters. The van der Waals surface area contributed by atoms with E-state index in [1.54, 1.807) is 36.4 Å². The molecule has 0 aliphatic heterocycles. The number of hydrogen-bond acceptors (Lipinski definition) is 2. The number of nitrogens with two attached hydrogens (primary N) is 1. The molecule has 0 aliphatic carbocycles. The topological polar surface area (TPSA) is 43.1 Å². The van der Waals surface area contributed by atoms with Crippen molar-refractivity contribution in [3.8, 4) is 11.1 Å². The highest BCUT2D eigenvalue weighted by Gasteiger charge is 2.38. The molecule has 1 atom stereocenters. The summed E-state index contributed by atoms with van der Waals surface area (Å²) in [5.41, 5.74) is 6.48. The fraction of sp³-hybridized carbons (Fsp3) is 0.133. The van der Waals surface area contributed by atoms with E-state index in [1.807, 2.05) is 0 Å². The molecule has 5 heteroatoms. The minimum Gasteiger partial charge on any atom is -0.316 e. The number of alkyl halides is 2. The molecule has 0 saturated heterocycles. The summed E-state index contributed by atoms with van der Waals surface area (Å²) in [6.07, 6.45) is 0.0487. The van der Waals surface area contributed by atoms with Crippen molar-refractivity contribution in [2.45, 2.75) is 12.0 Å². The van der Waals surface area contributed by atoms with Crippen LogP contribution in [0.4, 0.5) is 8.78 Å². The van der Waals surface area contributed by atoms with Crippen LogP contribution in [0.3, 0.4) is 0 Å². The zero-order valence-corrected chi connectivity index (χ0v) is 11.1. The number of halogens is 3. The maximum Gasteiger partial charge on any atom is 0.294 e. The predicted molar refractivity (Wildman–Crippen MR) is 74.8 cm³/mol. The number of carbonyl (C=O) groups is 1. The first-order valence-electron chi connectivity index (χ1n) is 5.90. The highest BCUT2D eigenvalue weighted by molar-refractivity contribution is 6.30. The van der Waals surface area contributed by atoms with Gasteiger partial charge in [0.1, 0.15) is 12.3 Å². The Hall–Kier alpha value is -1.78. The maximum absolute atomic E-state index is 13.8. The first-order chi connectivity index (χ1) is 9.45. The van der Waals surface area contributed by atoms with E-state index >= 15 is 0 Å². The molecule has 0 heterocycles. The van der Waals surface area contributed by atoms with Gasteiger partial charge in [0, 0.05) is 10.6 Å². The smallest absolute Gasteiger partial charge is 0.294 e. The highest BCUT2D eigenvalue weighted by atomic mass is 35.5. The molecule has 2 rings (SSSR count). The van der Waals surface area contributed by atoms with Crippen molar-refractivity contribution in [3.63, 3.8) is 0 Å². The Morgan fingerprint density at radius 2 is 1.45 bits per heavy atom. The summed E-state index contributed by atoms with van der Waals surface area (Å²) in [4.78, 5) is 10.4. The lowest BCUT2D eigenvalue weighted by Gasteiger charge is -2.19. The van der Waals surface area contributed by atoms with Gasteiger partial charge < -0.3 is 10.5 Å². The fourth-order valence-electron chi connectivity index (χ4n) is 1.81. The molecule has 0 amide bonds. The minimum atomic E-state index is -3.37. The van der Waals surface area contributed by atoms with Crippen molar-refractivity contribution in [2.24, 2.45) is 5.73 Å². The zero-order chi connectivity index (χ0) is 14.8. The van der Waals surface area contributed by atoms with Crippen molar-refractivity contribution in [3.05, 3.63) is 59.1 Å². The lowest BCUT2D eigenvalue weighted by atomic mass is 9.98. The zero-order valence-electron chi connectivity index (χ0n) is 10.4. The van der Waals surface area contributed by atoms with E-state index in [0.29, 0.717) is 5.02 Å². The quantitative estimate of drug-likeness (QED) is 0.875.